The lowest BCUT2D eigenvalue weighted by Gasteiger charge is -2.29. The predicted octanol–water partition coefficient (Wildman–Crippen LogP) is 5.12. The van der Waals surface area contributed by atoms with E-state index in [-0.39, 0.29) is 13.0 Å². The highest BCUT2D eigenvalue weighted by Crippen LogP contribution is 2.25. The normalized spacial score (nSPS) is 14.3. The van der Waals surface area contributed by atoms with Crippen LogP contribution < -0.4 is 10.6 Å². The lowest BCUT2D eigenvalue weighted by Crippen LogP contribution is -2.49. The Morgan fingerprint density at radius 3 is 1.81 bits per heavy atom. The molecule has 3 N–H and O–H groups in total. The fourth-order valence-corrected chi connectivity index (χ4v) is 4.95. The van der Waals surface area contributed by atoms with E-state index in [9.17, 15) is 19.5 Å². The number of benzene rings is 3. The lowest BCUT2D eigenvalue weighted by atomic mass is 9.95. The van der Waals surface area contributed by atoms with Gasteiger partial charge in [0.1, 0.15) is 12.0 Å². The van der Waals surface area contributed by atoms with Gasteiger partial charge < -0.3 is 20.5 Å². The number of allylic oxidation sites excluding steroid dienone is 2. The molecule has 0 aliphatic carbocycles. The van der Waals surface area contributed by atoms with Crippen LogP contribution in [0.3, 0.4) is 0 Å². The first-order chi connectivity index (χ1) is 20.9. The van der Waals surface area contributed by atoms with Gasteiger partial charge in [-0.1, -0.05) is 103 Å². The van der Waals surface area contributed by atoms with Gasteiger partial charge in [-0.05, 0) is 49.3 Å². The van der Waals surface area contributed by atoms with E-state index in [1.807, 2.05) is 91.0 Å². The van der Waals surface area contributed by atoms with Crippen LogP contribution in [0.25, 0.3) is 0 Å². The van der Waals surface area contributed by atoms with Crippen LogP contribution in [-0.2, 0) is 32.0 Å². The predicted molar refractivity (Wildman–Crippen MR) is 169 cm³/mol. The fraction of sp³-hybridized carbons (Fsp3) is 0.306. The standard InChI is InChI=1S/C36H42N2O5/c1-4-15-30(23-27-17-9-6-10-18-27)36(42)43-33(29-21-13-8-14-22-29)26(3)37-34(40)32(16-5-2)35(41)38-31(25-39)24-28-19-11-7-12-20-28/h4-14,17-22,26,30-33,39H,1-2,15-16,23-25H2,3H3,(H,37,40)(H,38,41)/t26-,30-,31-,32?,33-/m1/s1. The molecule has 2 amide bonds. The molecule has 226 valence electrons. The van der Waals surface area contributed by atoms with Crippen molar-refractivity contribution in [2.24, 2.45) is 11.8 Å². The topological polar surface area (TPSA) is 105 Å². The van der Waals surface area contributed by atoms with Gasteiger partial charge in [0.2, 0.25) is 11.8 Å². The van der Waals surface area contributed by atoms with Crippen LogP contribution in [0.4, 0.5) is 0 Å². The van der Waals surface area contributed by atoms with Gasteiger partial charge in [-0.2, -0.15) is 0 Å². The van der Waals surface area contributed by atoms with Crippen molar-refractivity contribution >= 4 is 17.8 Å². The lowest BCUT2D eigenvalue weighted by molar-refractivity contribution is -0.157. The molecule has 7 heteroatoms. The smallest absolute Gasteiger partial charge is 0.310 e. The van der Waals surface area contributed by atoms with E-state index in [4.69, 9.17) is 4.74 Å². The molecule has 7 nitrogen and oxygen atoms in total. The number of hydrogen-bond donors (Lipinski definition) is 3. The molecule has 0 radical (unpaired) electrons. The molecule has 3 aromatic rings. The van der Waals surface area contributed by atoms with Gasteiger partial charge in [0.05, 0.1) is 24.6 Å². The summed E-state index contributed by atoms with van der Waals surface area (Å²) in [5.41, 5.74) is 2.68. The number of carbonyl (C=O) groups is 3. The molecular weight excluding hydrogens is 540 g/mol. The monoisotopic (exact) mass is 582 g/mol. The molecular formula is C36H42N2O5. The number of nitrogens with one attached hydrogen (secondary N) is 2. The number of ether oxygens (including phenoxy) is 1. The third-order valence-electron chi connectivity index (χ3n) is 7.23. The summed E-state index contributed by atoms with van der Waals surface area (Å²) < 4.78 is 6.08. The molecule has 0 fully saturated rings. The molecule has 3 rings (SSSR count). The number of amides is 2. The summed E-state index contributed by atoms with van der Waals surface area (Å²) in [7, 11) is 0. The van der Waals surface area contributed by atoms with Crippen LogP contribution in [0.15, 0.2) is 116 Å². The first-order valence-electron chi connectivity index (χ1n) is 14.6. The second kappa shape index (κ2) is 17.5. The molecule has 5 atom stereocenters. The number of aliphatic hydroxyl groups is 1. The molecule has 0 aromatic heterocycles. The largest absolute Gasteiger partial charge is 0.455 e. The van der Waals surface area contributed by atoms with Crippen molar-refractivity contribution in [2.45, 2.75) is 50.8 Å². The van der Waals surface area contributed by atoms with Crippen molar-refractivity contribution in [3.8, 4) is 0 Å². The van der Waals surface area contributed by atoms with E-state index in [1.165, 1.54) is 6.08 Å². The Morgan fingerprint density at radius 2 is 1.28 bits per heavy atom. The SMILES string of the molecule is C=CCC(C(=O)N[C@@H](CO)Cc1ccccc1)C(=O)N[C@H](C)[C@@H](OC(=O)[C@H](CC=C)Cc1ccccc1)c1ccccc1. The van der Waals surface area contributed by atoms with Crippen LogP contribution in [0, 0.1) is 11.8 Å². The molecule has 0 saturated heterocycles. The molecule has 3 aromatic carbocycles. The van der Waals surface area contributed by atoms with Gasteiger partial charge in [-0.3, -0.25) is 14.4 Å². The maximum atomic E-state index is 13.5. The minimum atomic E-state index is -1.08. The highest BCUT2D eigenvalue weighted by molar-refractivity contribution is 6.00. The molecule has 1 unspecified atom stereocenters. The van der Waals surface area contributed by atoms with Crippen molar-refractivity contribution in [1.82, 2.24) is 10.6 Å². The number of aliphatic hydroxyl groups excluding tert-OH is 1. The first kappa shape index (κ1) is 33.0. The van der Waals surface area contributed by atoms with Crippen molar-refractivity contribution in [3.05, 3.63) is 133 Å². The Balaban J connectivity index is 1.74. The highest BCUT2D eigenvalue weighted by Gasteiger charge is 2.33. The van der Waals surface area contributed by atoms with Gasteiger partial charge in [0, 0.05) is 0 Å². The zero-order valence-electron chi connectivity index (χ0n) is 24.7. The molecule has 0 aliphatic rings. The molecule has 0 aliphatic heterocycles. The summed E-state index contributed by atoms with van der Waals surface area (Å²) in [6, 6.07) is 27.2. The summed E-state index contributed by atoms with van der Waals surface area (Å²) >= 11 is 0. The number of rotatable bonds is 17. The van der Waals surface area contributed by atoms with E-state index in [0.717, 1.165) is 11.1 Å². The highest BCUT2D eigenvalue weighted by atomic mass is 16.5. The van der Waals surface area contributed by atoms with Crippen LogP contribution in [0.1, 0.15) is 42.6 Å². The summed E-state index contributed by atoms with van der Waals surface area (Å²) in [6.45, 7) is 9.00. The van der Waals surface area contributed by atoms with Gasteiger partial charge in [-0.15, -0.1) is 13.2 Å². The Hall–Kier alpha value is -4.49. The Morgan fingerprint density at radius 1 is 0.767 bits per heavy atom. The van der Waals surface area contributed by atoms with Crippen molar-refractivity contribution in [3.63, 3.8) is 0 Å². The summed E-state index contributed by atoms with van der Waals surface area (Å²) in [4.78, 5) is 40.2. The van der Waals surface area contributed by atoms with E-state index in [0.29, 0.717) is 24.8 Å². The molecule has 43 heavy (non-hydrogen) atoms. The number of carbonyl (C=O) groups excluding carboxylic acids is 3. The van der Waals surface area contributed by atoms with E-state index < -0.39 is 47.8 Å². The fourth-order valence-electron chi connectivity index (χ4n) is 4.95. The minimum Gasteiger partial charge on any atom is -0.455 e. The molecule has 0 spiro atoms. The number of hydrogen-bond acceptors (Lipinski definition) is 5. The molecule has 0 saturated carbocycles. The van der Waals surface area contributed by atoms with Crippen LogP contribution in [-0.4, -0.2) is 41.6 Å². The molecule has 0 heterocycles. The Kier molecular flexibility index (Phi) is 13.4. The zero-order valence-corrected chi connectivity index (χ0v) is 24.7. The zero-order chi connectivity index (χ0) is 31.0. The van der Waals surface area contributed by atoms with E-state index >= 15 is 0 Å². The second-order valence-corrected chi connectivity index (χ2v) is 10.6. The number of esters is 1. The summed E-state index contributed by atoms with van der Waals surface area (Å²) in [5, 5.41) is 15.6. The van der Waals surface area contributed by atoms with Crippen molar-refractivity contribution < 1.29 is 24.2 Å². The average Bonchev–Trinajstić information content (AvgIpc) is 3.03. The minimum absolute atomic E-state index is 0.0994. The summed E-state index contributed by atoms with van der Waals surface area (Å²) in [5.74, 6) is -2.96. The maximum absolute atomic E-state index is 13.5. The first-order valence-corrected chi connectivity index (χ1v) is 14.6. The van der Waals surface area contributed by atoms with E-state index in [2.05, 4.69) is 23.8 Å². The quantitative estimate of drug-likeness (QED) is 0.116. The molecule has 0 bridgehead atoms. The Labute approximate surface area is 254 Å². The third-order valence-corrected chi connectivity index (χ3v) is 7.23. The van der Waals surface area contributed by atoms with Gasteiger partial charge in [-0.25, -0.2) is 0 Å². The van der Waals surface area contributed by atoms with Gasteiger partial charge >= 0.3 is 5.97 Å². The van der Waals surface area contributed by atoms with Gasteiger partial charge in [0.15, 0.2) is 0 Å². The van der Waals surface area contributed by atoms with Crippen LogP contribution in [0.2, 0.25) is 0 Å². The summed E-state index contributed by atoms with van der Waals surface area (Å²) in [6.07, 6.45) is 3.87. The van der Waals surface area contributed by atoms with Crippen molar-refractivity contribution in [2.75, 3.05) is 6.61 Å². The second-order valence-electron chi connectivity index (χ2n) is 10.6. The van der Waals surface area contributed by atoms with Crippen LogP contribution >= 0.6 is 0 Å². The van der Waals surface area contributed by atoms with Crippen molar-refractivity contribution in [1.29, 1.82) is 0 Å². The van der Waals surface area contributed by atoms with Gasteiger partial charge in [0.25, 0.3) is 0 Å². The van der Waals surface area contributed by atoms with E-state index in [1.54, 1.807) is 13.0 Å². The maximum Gasteiger partial charge on any atom is 0.310 e. The van der Waals surface area contributed by atoms with Crippen LogP contribution in [0.5, 0.6) is 0 Å². The average molecular weight is 583 g/mol. The Bertz CT molecular complexity index is 1310. The third kappa shape index (κ3) is 10.4.